The molecule has 0 fully saturated rings. The molecule has 4 rings (SSSR count). The molecule has 0 saturated carbocycles. The predicted octanol–water partition coefficient (Wildman–Crippen LogP) is 4.31. The summed E-state index contributed by atoms with van der Waals surface area (Å²) in [7, 11) is 0. The van der Waals surface area contributed by atoms with Gasteiger partial charge in [0.05, 0.1) is 11.8 Å². The SMILES string of the molecule is CC(C)Cc1ccc(-n2c(-c3cccnc3N)nc3ccc(N/N=C\C=N)nc32)cc1. The third-order valence-corrected chi connectivity index (χ3v) is 4.75. The number of fused-ring (bicyclic) bond motifs is 1. The number of nitrogens with two attached hydrogens (primary N) is 1. The number of benzene rings is 1. The van der Waals surface area contributed by atoms with Crippen molar-refractivity contribution in [3.8, 4) is 17.1 Å². The fourth-order valence-corrected chi connectivity index (χ4v) is 3.44. The van der Waals surface area contributed by atoms with Crippen LogP contribution in [0.4, 0.5) is 11.6 Å². The predicted molar refractivity (Wildman–Crippen MR) is 126 cm³/mol. The Morgan fingerprint density at radius 2 is 1.94 bits per heavy atom. The number of hydrogen-bond donors (Lipinski definition) is 3. The molecular formula is C23H24N8. The van der Waals surface area contributed by atoms with Crippen molar-refractivity contribution >= 4 is 35.2 Å². The highest BCUT2D eigenvalue weighted by Crippen LogP contribution is 2.31. The molecule has 3 heterocycles. The average molecular weight is 413 g/mol. The summed E-state index contributed by atoms with van der Waals surface area (Å²) in [5.74, 6) is 2.21. The van der Waals surface area contributed by atoms with Gasteiger partial charge in [0, 0.05) is 18.1 Å². The summed E-state index contributed by atoms with van der Waals surface area (Å²) in [6, 6.07) is 15.8. The van der Waals surface area contributed by atoms with Crippen LogP contribution in [-0.2, 0) is 6.42 Å². The maximum Gasteiger partial charge on any atom is 0.167 e. The molecule has 0 amide bonds. The van der Waals surface area contributed by atoms with E-state index in [4.69, 9.17) is 21.1 Å². The Kier molecular flexibility index (Phi) is 5.70. The molecule has 156 valence electrons. The van der Waals surface area contributed by atoms with Crippen LogP contribution in [0.15, 0.2) is 59.8 Å². The molecule has 0 saturated heterocycles. The first-order chi connectivity index (χ1) is 15.1. The molecular weight excluding hydrogens is 388 g/mol. The Labute approximate surface area is 180 Å². The van der Waals surface area contributed by atoms with E-state index in [0.717, 1.165) is 29.4 Å². The van der Waals surface area contributed by atoms with Crippen LogP contribution in [0.25, 0.3) is 28.2 Å². The average Bonchev–Trinajstić information content (AvgIpc) is 3.13. The van der Waals surface area contributed by atoms with Crippen molar-refractivity contribution in [1.29, 1.82) is 5.41 Å². The number of nitrogens with zero attached hydrogens (tertiary/aromatic N) is 5. The van der Waals surface area contributed by atoms with Crippen LogP contribution in [0, 0.1) is 11.3 Å². The number of anilines is 2. The molecule has 3 aromatic heterocycles. The summed E-state index contributed by atoms with van der Waals surface area (Å²) in [6.45, 7) is 4.42. The van der Waals surface area contributed by atoms with Crippen molar-refractivity contribution in [3.05, 3.63) is 60.3 Å². The van der Waals surface area contributed by atoms with E-state index in [1.54, 1.807) is 12.3 Å². The third-order valence-electron chi connectivity index (χ3n) is 4.75. The second kappa shape index (κ2) is 8.74. The summed E-state index contributed by atoms with van der Waals surface area (Å²) in [5, 5.41) is 11.0. The lowest BCUT2D eigenvalue weighted by molar-refractivity contribution is 0.647. The summed E-state index contributed by atoms with van der Waals surface area (Å²) >= 11 is 0. The maximum absolute atomic E-state index is 7.06. The second-order valence-corrected chi connectivity index (χ2v) is 7.57. The van der Waals surface area contributed by atoms with E-state index < -0.39 is 0 Å². The molecule has 0 aliphatic carbocycles. The van der Waals surface area contributed by atoms with Crippen molar-refractivity contribution in [2.45, 2.75) is 20.3 Å². The topological polar surface area (TPSA) is 118 Å². The highest BCUT2D eigenvalue weighted by atomic mass is 15.3. The number of aromatic nitrogens is 4. The van der Waals surface area contributed by atoms with Gasteiger partial charge in [-0.25, -0.2) is 15.0 Å². The number of imidazole rings is 1. The van der Waals surface area contributed by atoms with Gasteiger partial charge < -0.3 is 11.1 Å². The van der Waals surface area contributed by atoms with Crippen molar-refractivity contribution in [2.24, 2.45) is 11.0 Å². The van der Waals surface area contributed by atoms with Gasteiger partial charge in [0.25, 0.3) is 0 Å². The van der Waals surface area contributed by atoms with E-state index in [-0.39, 0.29) is 0 Å². The van der Waals surface area contributed by atoms with Gasteiger partial charge in [-0.15, -0.1) is 0 Å². The molecule has 0 bridgehead atoms. The number of hydrogen-bond acceptors (Lipinski definition) is 7. The van der Waals surface area contributed by atoms with Crippen molar-refractivity contribution in [2.75, 3.05) is 11.2 Å². The molecule has 0 aliphatic rings. The molecule has 0 radical (unpaired) electrons. The number of nitrogens with one attached hydrogen (secondary N) is 2. The number of hydrazone groups is 1. The van der Waals surface area contributed by atoms with Gasteiger partial charge in [-0.1, -0.05) is 26.0 Å². The van der Waals surface area contributed by atoms with Crippen LogP contribution in [0.1, 0.15) is 19.4 Å². The minimum Gasteiger partial charge on any atom is -0.383 e. The van der Waals surface area contributed by atoms with Gasteiger partial charge in [-0.2, -0.15) is 5.10 Å². The fourth-order valence-electron chi connectivity index (χ4n) is 3.44. The molecule has 8 nitrogen and oxygen atoms in total. The Morgan fingerprint density at radius 3 is 2.65 bits per heavy atom. The summed E-state index contributed by atoms with van der Waals surface area (Å²) < 4.78 is 1.98. The van der Waals surface area contributed by atoms with E-state index in [1.807, 2.05) is 22.8 Å². The van der Waals surface area contributed by atoms with Crippen LogP contribution < -0.4 is 11.2 Å². The van der Waals surface area contributed by atoms with Crippen LogP contribution in [0.2, 0.25) is 0 Å². The maximum atomic E-state index is 7.06. The van der Waals surface area contributed by atoms with Gasteiger partial charge in [0.1, 0.15) is 17.2 Å². The highest BCUT2D eigenvalue weighted by Gasteiger charge is 2.18. The van der Waals surface area contributed by atoms with Crippen molar-refractivity contribution in [3.63, 3.8) is 0 Å². The van der Waals surface area contributed by atoms with Gasteiger partial charge in [0.15, 0.2) is 11.5 Å². The molecule has 0 spiro atoms. The van der Waals surface area contributed by atoms with Gasteiger partial charge >= 0.3 is 0 Å². The second-order valence-electron chi connectivity index (χ2n) is 7.57. The smallest absolute Gasteiger partial charge is 0.167 e. The van der Waals surface area contributed by atoms with Crippen LogP contribution in [0.3, 0.4) is 0 Å². The highest BCUT2D eigenvalue weighted by molar-refractivity contribution is 6.14. The first-order valence-corrected chi connectivity index (χ1v) is 10.0. The number of rotatable bonds is 7. The minimum atomic E-state index is 0.407. The van der Waals surface area contributed by atoms with E-state index in [9.17, 15) is 0 Å². The lowest BCUT2D eigenvalue weighted by atomic mass is 10.0. The first-order valence-electron chi connectivity index (χ1n) is 10.0. The zero-order valence-corrected chi connectivity index (χ0v) is 17.4. The van der Waals surface area contributed by atoms with E-state index in [2.05, 4.69) is 53.6 Å². The summed E-state index contributed by atoms with van der Waals surface area (Å²) in [6.07, 6.45) is 5.12. The molecule has 0 atom stereocenters. The minimum absolute atomic E-state index is 0.407. The molecule has 0 aliphatic heterocycles. The van der Waals surface area contributed by atoms with E-state index >= 15 is 0 Å². The molecule has 8 heteroatoms. The van der Waals surface area contributed by atoms with Crippen molar-refractivity contribution in [1.82, 2.24) is 19.5 Å². The van der Waals surface area contributed by atoms with E-state index in [1.165, 1.54) is 11.8 Å². The molecule has 4 N–H and O–H groups in total. The van der Waals surface area contributed by atoms with Crippen LogP contribution in [-0.4, -0.2) is 31.9 Å². The Morgan fingerprint density at radius 1 is 1.13 bits per heavy atom. The van der Waals surface area contributed by atoms with E-state index in [0.29, 0.717) is 29.0 Å². The first kappa shape index (κ1) is 20.2. The zero-order valence-electron chi connectivity index (χ0n) is 17.4. The van der Waals surface area contributed by atoms with Crippen LogP contribution in [0.5, 0.6) is 0 Å². The number of pyridine rings is 2. The molecule has 1 aromatic carbocycles. The number of nitrogen functional groups attached to an aromatic ring is 1. The van der Waals surface area contributed by atoms with Crippen molar-refractivity contribution < 1.29 is 0 Å². The Balaban J connectivity index is 1.89. The van der Waals surface area contributed by atoms with Gasteiger partial charge in [-0.3, -0.25) is 9.99 Å². The van der Waals surface area contributed by atoms with Gasteiger partial charge in [0.2, 0.25) is 0 Å². The zero-order chi connectivity index (χ0) is 21.8. The monoisotopic (exact) mass is 412 g/mol. The van der Waals surface area contributed by atoms with Gasteiger partial charge in [-0.05, 0) is 54.3 Å². The molecule has 31 heavy (non-hydrogen) atoms. The lowest BCUT2D eigenvalue weighted by Crippen LogP contribution is -2.03. The van der Waals surface area contributed by atoms with Crippen LogP contribution >= 0.6 is 0 Å². The summed E-state index contributed by atoms with van der Waals surface area (Å²) in [5.41, 5.74) is 13.4. The quantitative estimate of drug-likeness (QED) is 0.309. The Hall–Kier alpha value is -4.07. The summed E-state index contributed by atoms with van der Waals surface area (Å²) in [4.78, 5) is 13.7. The Bertz CT molecular complexity index is 1240. The third kappa shape index (κ3) is 4.28. The fraction of sp³-hybridized carbons (Fsp3) is 0.174. The standard InChI is InChI=1S/C23H24N8/c1-15(2)14-16-5-7-17(8-6-16)31-22(18-4-3-12-26-21(18)25)28-19-9-10-20(29-23(19)31)30-27-13-11-24/h3-13,15,24H,14H2,1-2H3,(H2,25,26)(H,29,30)/b24-11?,27-13-. The molecule has 0 unspecified atom stereocenters. The molecule has 4 aromatic rings. The lowest BCUT2D eigenvalue weighted by Gasteiger charge is -2.12. The largest absolute Gasteiger partial charge is 0.383 e. The normalized spacial score (nSPS) is 11.5.